The van der Waals surface area contributed by atoms with Crippen LogP contribution in [0.4, 0.5) is 0 Å². The van der Waals surface area contributed by atoms with Gasteiger partial charge in [-0.2, -0.15) is 0 Å². The van der Waals surface area contributed by atoms with Crippen LogP contribution in [0.2, 0.25) is 0 Å². The molecule has 1 aromatic carbocycles. The van der Waals surface area contributed by atoms with Crippen molar-refractivity contribution in [2.75, 3.05) is 25.6 Å². The molecule has 0 radical (unpaired) electrons. The number of benzene rings is 1. The van der Waals surface area contributed by atoms with Crippen LogP contribution in [-0.2, 0) is 11.2 Å². The van der Waals surface area contributed by atoms with Gasteiger partial charge in [-0.3, -0.25) is 0 Å². The Kier molecular flexibility index (Phi) is 4.81. The molecule has 1 N–H and O–H groups in total. The minimum absolute atomic E-state index is 0.131. The van der Waals surface area contributed by atoms with Crippen LogP contribution in [0.1, 0.15) is 24.3 Å². The molecule has 0 spiro atoms. The second-order valence-corrected chi connectivity index (χ2v) is 6.84. The van der Waals surface area contributed by atoms with Gasteiger partial charge in [0.15, 0.2) is 0 Å². The Morgan fingerprint density at radius 3 is 2.68 bits per heavy atom. The van der Waals surface area contributed by atoms with Crippen molar-refractivity contribution in [2.24, 2.45) is 5.41 Å². The van der Waals surface area contributed by atoms with E-state index in [2.05, 4.69) is 29.3 Å². The van der Waals surface area contributed by atoms with Gasteiger partial charge >= 0.3 is 0 Å². The fourth-order valence-electron chi connectivity index (χ4n) is 2.37. The second-order valence-electron chi connectivity index (χ2n) is 5.92. The number of rotatable bonds is 7. The van der Waals surface area contributed by atoms with E-state index in [1.165, 1.54) is 17.3 Å². The average Bonchev–Trinajstić information content (AvgIpc) is 2.95. The maximum atomic E-state index is 9.40. The van der Waals surface area contributed by atoms with E-state index in [0.717, 1.165) is 12.2 Å². The molecule has 2 aromatic rings. The first kappa shape index (κ1) is 15.5. The van der Waals surface area contributed by atoms with Crippen LogP contribution in [0.5, 0.6) is 0 Å². The van der Waals surface area contributed by atoms with Crippen molar-refractivity contribution < 1.29 is 14.3 Å². The molecule has 1 atom stereocenters. The highest BCUT2D eigenvalue weighted by Gasteiger charge is 2.38. The zero-order valence-corrected chi connectivity index (χ0v) is 13.4. The molecule has 1 aromatic heterocycles. The van der Waals surface area contributed by atoms with Crippen molar-refractivity contribution in [1.29, 1.82) is 0 Å². The standard InChI is InChI=1S/C16H20N2O3S/c1-12(13-5-3-2-4-6-13)7-14-17-18-15(21-14)22-11-16(8-19)9-20-10-16/h2-6,12,19H,7-11H2,1H3. The van der Waals surface area contributed by atoms with Crippen molar-refractivity contribution in [3.8, 4) is 0 Å². The van der Waals surface area contributed by atoms with Gasteiger partial charge in [-0.15, -0.1) is 10.2 Å². The number of aliphatic hydroxyl groups is 1. The highest BCUT2D eigenvalue weighted by atomic mass is 32.2. The summed E-state index contributed by atoms with van der Waals surface area (Å²) in [6, 6.07) is 10.3. The van der Waals surface area contributed by atoms with E-state index in [9.17, 15) is 5.11 Å². The third-order valence-corrected chi connectivity index (χ3v) is 5.12. The average molecular weight is 320 g/mol. The van der Waals surface area contributed by atoms with Crippen LogP contribution < -0.4 is 0 Å². The lowest BCUT2D eigenvalue weighted by molar-refractivity contribution is -0.121. The Morgan fingerprint density at radius 1 is 1.27 bits per heavy atom. The number of ether oxygens (including phenoxy) is 1. The zero-order valence-electron chi connectivity index (χ0n) is 12.6. The molecule has 5 nitrogen and oxygen atoms in total. The predicted molar refractivity (Wildman–Crippen MR) is 83.9 cm³/mol. The van der Waals surface area contributed by atoms with Crippen LogP contribution >= 0.6 is 11.8 Å². The molecule has 1 aliphatic rings. The number of hydrogen-bond acceptors (Lipinski definition) is 6. The largest absolute Gasteiger partial charge is 0.416 e. The molecule has 2 heterocycles. The zero-order chi connectivity index (χ0) is 15.4. The quantitative estimate of drug-likeness (QED) is 0.791. The first-order valence-corrected chi connectivity index (χ1v) is 8.38. The molecule has 0 aliphatic carbocycles. The fraction of sp³-hybridized carbons (Fsp3) is 0.500. The van der Waals surface area contributed by atoms with Gasteiger partial charge in [0.05, 0.1) is 19.8 Å². The third kappa shape index (κ3) is 3.51. The summed E-state index contributed by atoms with van der Waals surface area (Å²) in [5.74, 6) is 1.73. The van der Waals surface area contributed by atoms with Crippen molar-refractivity contribution in [2.45, 2.75) is 24.5 Å². The van der Waals surface area contributed by atoms with Crippen LogP contribution in [0, 0.1) is 5.41 Å². The highest BCUT2D eigenvalue weighted by Crippen LogP contribution is 2.33. The maximum absolute atomic E-state index is 9.40. The Labute approximate surface area is 134 Å². The second kappa shape index (κ2) is 6.81. The number of aliphatic hydroxyl groups excluding tert-OH is 1. The van der Waals surface area contributed by atoms with Crippen molar-refractivity contribution >= 4 is 11.8 Å². The molecular weight excluding hydrogens is 300 g/mol. The van der Waals surface area contributed by atoms with E-state index in [4.69, 9.17) is 9.15 Å². The number of hydrogen-bond donors (Lipinski definition) is 1. The summed E-state index contributed by atoms with van der Waals surface area (Å²) in [5.41, 5.74) is 1.12. The monoisotopic (exact) mass is 320 g/mol. The molecule has 0 bridgehead atoms. The summed E-state index contributed by atoms with van der Waals surface area (Å²) in [5, 5.41) is 18.2. The van der Waals surface area contributed by atoms with E-state index in [1.807, 2.05) is 18.2 Å². The summed E-state index contributed by atoms with van der Waals surface area (Å²) in [4.78, 5) is 0. The summed E-state index contributed by atoms with van der Waals surface area (Å²) in [6.45, 7) is 3.48. The Bertz CT molecular complexity index is 593. The molecule has 3 rings (SSSR count). The first-order chi connectivity index (χ1) is 10.7. The molecule has 1 aliphatic heterocycles. The number of nitrogens with zero attached hydrogens (tertiary/aromatic N) is 2. The SMILES string of the molecule is CC(Cc1nnc(SCC2(CO)COC2)o1)c1ccccc1. The summed E-state index contributed by atoms with van der Waals surface area (Å²) in [7, 11) is 0. The van der Waals surface area contributed by atoms with Crippen LogP contribution in [0.15, 0.2) is 40.0 Å². The molecular formula is C16H20N2O3S. The predicted octanol–water partition coefficient (Wildman–Crippen LogP) is 2.52. The van der Waals surface area contributed by atoms with Gasteiger partial charge in [0.25, 0.3) is 5.22 Å². The van der Waals surface area contributed by atoms with Crippen LogP contribution in [0.3, 0.4) is 0 Å². The summed E-state index contributed by atoms with van der Waals surface area (Å²) < 4.78 is 10.9. The van der Waals surface area contributed by atoms with Gasteiger partial charge in [-0.25, -0.2) is 0 Å². The fourth-order valence-corrected chi connectivity index (χ4v) is 3.31. The molecule has 1 saturated heterocycles. The van der Waals surface area contributed by atoms with E-state index in [0.29, 0.717) is 30.2 Å². The van der Waals surface area contributed by atoms with Gasteiger partial charge in [-0.1, -0.05) is 49.0 Å². The molecule has 0 saturated carbocycles. The van der Waals surface area contributed by atoms with Gasteiger partial charge in [0.2, 0.25) is 5.89 Å². The molecule has 118 valence electrons. The Morgan fingerprint density at radius 2 is 2.05 bits per heavy atom. The number of aromatic nitrogens is 2. The number of thioether (sulfide) groups is 1. The van der Waals surface area contributed by atoms with Crippen LogP contribution in [-0.4, -0.2) is 40.9 Å². The highest BCUT2D eigenvalue weighted by molar-refractivity contribution is 7.99. The molecule has 1 fully saturated rings. The van der Waals surface area contributed by atoms with Crippen molar-refractivity contribution in [3.63, 3.8) is 0 Å². The maximum Gasteiger partial charge on any atom is 0.276 e. The lowest BCUT2D eigenvalue weighted by atomic mass is 9.90. The topological polar surface area (TPSA) is 68.4 Å². The van der Waals surface area contributed by atoms with E-state index >= 15 is 0 Å². The van der Waals surface area contributed by atoms with Gasteiger partial charge in [-0.05, 0) is 11.5 Å². The first-order valence-electron chi connectivity index (χ1n) is 7.39. The lowest BCUT2D eigenvalue weighted by Crippen LogP contribution is -2.47. The summed E-state index contributed by atoms with van der Waals surface area (Å²) >= 11 is 1.49. The smallest absolute Gasteiger partial charge is 0.276 e. The third-order valence-electron chi connectivity index (χ3n) is 3.95. The summed E-state index contributed by atoms with van der Waals surface area (Å²) in [6.07, 6.45) is 0.728. The minimum Gasteiger partial charge on any atom is -0.416 e. The van der Waals surface area contributed by atoms with Crippen molar-refractivity contribution in [1.82, 2.24) is 10.2 Å². The normalized spacial score (nSPS) is 17.9. The van der Waals surface area contributed by atoms with Gasteiger partial charge < -0.3 is 14.3 Å². The molecule has 22 heavy (non-hydrogen) atoms. The van der Waals surface area contributed by atoms with Crippen LogP contribution in [0.25, 0.3) is 0 Å². The lowest BCUT2D eigenvalue weighted by Gasteiger charge is -2.39. The molecule has 6 heteroatoms. The Hall–Kier alpha value is -1.37. The van der Waals surface area contributed by atoms with E-state index < -0.39 is 0 Å². The van der Waals surface area contributed by atoms with E-state index in [1.54, 1.807) is 0 Å². The molecule has 1 unspecified atom stereocenters. The minimum atomic E-state index is -0.142. The van der Waals surface area contributed by atoms with E-state index in [-0.39, 0.29) is 12.0 Å². The van der Waals surface area contributed by atoms with Crippen molar-refractivity contribution in [3.05, 3.63) is 41.8 Å². The van der Waals surface area contributed by atoms with Gasteiger partial charge in [0, 0.05) is 17.6 Å². The Balaban J connectivity index is 1.55. The molecule has 0 amide bonds. The van der Waals surface area contributed by atoms with Gasteiger partial charge in [0.1, 0.15) is 0 Å².